The highest BCUT2D eigenvalue weighted by Gasteiger charge is 2.12. The maximum absolute atomic E-state index is 12.9. The molecule has 1 aromatic carbocycles. The van der Waals surface area contributed by atoms with Gasteiger partial charge in [0.1, 0.15) is 11.6 Å². The zero-order valence-corrected chi connectivity index (χ0v) is 10.9. The highest BCUT2D eigenvalue weighted by atomic mass is 35.5. The highest BCUT2D eigenvalue weighted by Crippen LogP contribution is 2.14. The van der Waals surface area contributed by atoms with E-state index < -0.39 is 11.6 Å². The number of nitrogens with one attached hydrogen (secondary N) is 1. The molecule has 1 saturated heterocycles. The first-order chi connectivity index (χ1) is 8.24. The number of benzene rings is 1. The first-order valence-corrected chi connectivity index (χ1v) is 5.97. The van der Waals surface area contributed by atoms with Crippen LogP contribution in [0, 0.1) is 17.6 Å². The average Bonchev–Trinajstić information content (AvgIpc) is 2.29. The van der Waals surface area contributed by atoms with Crippen molar-refractivity contribution in [3.63, 3.8) is 0 Å². The molecular formula is C13H18ClF2NO. The molecule has 1 fully saturated rings. The molecule has 0 aliphatic carbocycles. The van der Waals surface area contributed by atoms with Crippen LogP contribution in [0.1, 0.15) is 18.4 Å². The van der Waals surface area contributed by atoms with E-state index >= 15 is 0 Å². The Morgan fingerprint density at radius 1 is 1.11 bits per heavy atom. The van der Waals surface area contributed by atoms with E-state index in [4.69, 9.17) is 4.74 Å². The monoisotopic (exact) mass is 277 g/mol. The van der Waals surface area contributed by atoms with Gasteiger partial charge in [-0.15, -0.1) is 12.4 Å². The lowest BCUT2D eigenvalue weighted by atomic mass is 9.99. The van der Waals surface area contributed by atoms with Crippen molar-refractivity contribution in [1.29, 1.82) is 0 Å². The Morgan fingerprint density at radius 2 is 1.72 bits per heavy atom. The smallest absolute Gasteiger partial charge is 0.126 e. The molecule has 18 heavy (non-hydrogen) atoms. The van der Waals surface area contributed by atoms with Crippen molar-refractivity contribution < 1.29 is 13.5 Å². The molecule has 1 heterocycles. The zero-order chi connectivity index (χ0) is 12.1. The van der Waals surface area contributed by atoms with Crippen LogP contribution in [-0.2, 0) is 11.3 Å². The minimum Gasteiger partial charge on any atom is -0.376 e. The van der Waals surface area contributed by atoms with Crippen LogP contribution in [0.3, 0.4) is 0 Å². The lowest BCUT2D eigenvalue weighted by Gasteiger charge is -2.22. The summed E-state index contributed by atoms with van der Waals surface area (Å²) in [7, 11) is 0. The second-order valence-corrected chi connectivity index (χ2v) is 4.49. The fraction of sp³-hybridized carbons (Fsp3) is 0.538. The standard InChI is InChI=1S/C13H17F2NO.ClH/c14-12-5-11(6-13(15)7-12)9-17-8-10-1-3-16-4-2-10;/h5-7,10,16H,1-4,8-9H2;1H. The SMILES string of the molecule is Cl.Fc1cc(F)cc(COCC2CCNCC2)c1. The second kappa shape index (κ2) is 7.67. The van der Waals surface area contributed by atoms with Crippen LogP contribution in [0.5, 0.6) is 0 Å². The minimum absolute atomic E-state index is 0. The molecule has 0 spiro atoms. The van der Waals surface area contributed by atoms with E-state index in [1.165, 1.54) is 12.1 Å². The number of halogens is 3. The van der Waals surface area contributed by atoms with Crippen LogP contribution in [-0.4, -0.2) is 19.7 Å². The maximum Gasteiger partial charge on any atom is 0.126 e. The average molecular weight is 278 g/mol. The summed E-state index contributed by atoms with van der Waals surface area (Å²) >= 11 is 0. The quantitative estimate of drug-likeness (QED) is 0.914. The molecule has 0 aromatic heterocycles. The summed E-state index contributed by atoms with van der Waals surface area (Å²) < 4.78 is 31.3. The maximum atomic E-state index is 12.9. The fourth-order valence-electron chi connectivity index (χ4n) is 2.09. The van der Waals surface area contributed by atoms with Gasteiger partial charge in [-0.2, -0.15) is 0 Å². The van der Waals surface area contributed by atoms with Crippen LogP contribution < -0.4 is 5.32 Å². The van der Waals surface area contributed by atoms with Crippen molar-refractivity contribution in [2.24, 2.45) is 5.92 Å². The van der Waals surface area contributed by atoms with Gasteiger partial charge in [-0.05, 0) is 49.5 Å². The summed E-state index contributed by atoms with van der Waals surface area (Å²) in [5.74, 6) is -0.536. The third-order valence-corrected chi connectivity index (χ3v) is 3.00. The third kappa shape index (κ3) is 4.88. The van der Waals surface area contributed by atoms with Crippen molar-refractivity contribution in [3.05, 3.63) is 35.4 Å². The van der Waals surface area contributed by atoms with Gasteiger partial charge in [0, 0.05) is 12.7 Å². The number of piperidine rings is 1. The lowest BCUT2D eigenvalue weighted by Crippen LogP contribution is -2.29. The topological polar surface area (TPSA) is 21.3 Å². The molecule has 0 saturated carbocycles. The van der Waals surface area contributed by atoms with Gasteiger partial charge in [-0.1, -0.05) is 0 Å². The van der Waals surface area contributed by atoms with Crippen molar-refractivity contribution >= 4 is 12.4 Å². The molecule has 0 bridgehead atoms. The van der Waals surface area contributed by atoms with Gasteiger partial charge in [0.15, 0.2) is 0 Å². The van der Waals surface area contributed by atoms with Gasteiger partial charge in [0.05, 0.1) is 6.61 Å². The van der Waals surface area contributed by atoms with E-state index in [-0.39, 0.29) is 19.0 Å². The Bertz CT molecular complexity index is 350. The molecular weight excluding hydrogens is 260 g/mol. The third-order valence-electron chi connectivity index (χ3n) is 3.00. The molecule has 0 amide bonds. The van der Waals surface area contributed by atoms with E-state index in [1.807, 2.05) is 0 Å². The lowest BCUT2D eigenvalue weighted by molar-refractivity contribution is 0.0760. The first-order valence-electron chi connectivity index (χ1n) is 5.97. The minimum atomic E-state index is -0.550. The van der Waals surface area contributed by atoms with Gasteiger partial charge in [0.25, 0.3) is 0 Å². The molecule has 2 nitrogen and oxygen atoms in total. The molecule has 1 aromatic rings. The Labute approximate surface area is 112 Å². The number of hydrogen-bond donors (Lipinski definition) is 1. The predicted octanol–water partition coefficient (Wildman–Crippen LogP) is 2.90. The summed E-state index contributed by atoms with van der Waals surface area (Å²) in [6.45, 7) is 3.00. The van der Waals surface area contributed by atoms with Gasteiger partial charge >= 0.3 is 0 Å². The van der Waals surface area contributed by atoms with Gasteiger partial charge in [-0.3, -0.25) is 0 Å². The largest absolute Gasteiger partial charge is 0.376 e. The summed E-state index contributed by atoms with van der Waals surface area (Å²) in [6, 6.07) is 3.49. The highest BCUT2D eigenvalue weighted by molar-refractivity contribution is 5.85. The van der Waals surface area contributed by atoms with E-state index in [0.717, 1.165) is 32.0 Å². The van der Waals surface area contributed by atoms with Crippen molar-refractivity contribution in [2.45, 2.75) is 19.4 Å². The zero-order valence-electron chi connectivity index (χ0n) is 10.1. The molecule has 0 unspecified atom stereocenters. The van der Waals surface area contributed by atoms with E-state index in [0.29, 0.717) is 18.1 Å². The number of rotatable bonds is 4. The second-order valence-electron chi connectivity index (χ2n) is 4.49. The van der Waals surface area contributed by atoms with Gasteiger partial charge < -0.3 is 10.1 Å². The van der Waals surface area contributed by atoms with Crippen molar-refractivity contribution in [1.82, 2.24) is 5.32 Å². The van der Waals surface area contributed by atoms with Crippen LogP contribution in [0.25, 0.3) is 0 Å². The van der Waals surface area contributed by atoms with Crippen molar-refractivity contribution in [2.75, 3.05) is 19.7 Å². The Morgan fingerprint density at radius 3 is 2.33 bits per heavy atom. The summed E-state index contributed by atoms with van der Waals surface area (Å²) in [5, 5.41) is 3.28. The Kier molecular flexibility index (Phi) is 6.54. The summed E-state index contributed by atoms with van der Waals surface area (Å²) in [6.07, 6.45) is 2.22. The van der Waals surface area contributed by atoms with Gasteiger partial charge in [0.2, 0.25) is 0 Å². The van der Waals surface area contributed by atoms with Gasteiger partial charge in [-0.25, -0.2) is 8.78 Å². The molecule has 102 valence electrons. The van der Waals surface area contributed by atoms with Crippen LogP contribution >= 0.6 is 12.4 Å². The first kappa shape index (κ1) is 15.3. The molecule has 0 radical (unpaired) electrons. The molecule has 1 N–H and O–H groups in total. The Hall–Kier alpha value is -0.710. The van der Waals surface area contributed by atoms with E-state index in [1.54, 1.807) is 0 Å². The number of hydrogen-bond acceptors (Lipinski definition) is 2. The van der Waals surface area contributed by atoms with Crippen molar-refractivity contribution in [3.8, 4) is 0 Å². The van der Waals surface area contributed by atoms with Crippen LogP contribution in [0.15, 0.2) is 18.2 Å². The fourth-order valence-corrected chi connectivity index (χ4v) is 2.09. The molecule has 2 rings (SSSR count). The molecule has 1 aliphatic rings. The summed E-state index contributed by atoms with van der Waals surface area (Å²) in [5.41, 5.74) is 0.552. The summed E-state index contributed by atoms with van der Waals surface area (Å²) in [4.78, 5) is 0. The number of ether oxygens (including phenoxy) is 1. The predicted molar refractivity (Wildman–Crippen MR) is 68.9 cm³/mol. The molecule has 1 aliphatic heterocycles. The molecule has 0 atom stereocenters. The van der Waals surface area contributed by atoms with Crippen LogP contribution in [0.4, 0.5) is 8.78 Å². The molecule has 5 heteroatoms. The van der Waals surface area contributed by atoms with E-state index in [9.17, 15) is 8.78 Å². The van der Waals surface area contributed by atoms with Crippen LogP contribution in [0.2, 0.25) is 0 Å². The van der Waals surface area contributed by atoms with E-state index in [2.05, 4.69) is 5.32 Å². The Balaban J connectivity index is 0.00000162. The normalized spacial score (nSPS) is 16.3.